The Balaban J connectivity index is 1.52. The minimum Gasteiger partial charge on any atom is -0.385 e. The lowest BCUT2D eigenvalue weighted by atomic mass is 10.0. The van der Waals surface area contributed by atoms with Gasteiger partial charge in [-0.15, -0.1) is 0 Å². The molecule has 0 bridgehead atoms. The molecule has 1 saturated heterocycles. The largest absolute Gasteiger partial charge is 0.385 e. The van der Waals surface area contributed by atoms with Gasteiger partial charge in [-0.2, -0.15) is 0 Å². The van der Waals surface area contributed by atoms with Gasteiger partial charge in [0, 0.05) is 30.9 Å². The standard InChI is InChI=1S/C16H23N3O/c20-16(7-11-19-9-1-2-10-19)18-14-6-5-13-4-3-8-17-15(13)12-14/h5-6,12,17H,1-4,7-11H2,(H,18,20). The first kappa shape index (κ1) is 13.4. The van der Waals surface area contributed by atoms with E-state index in [2.05, 4.69) is 27.7 Å². The first-order valence-electron chi connectivity index (χ1n) is 7.70. The van der Waals surface area contributed by atoms with Gasteiger partial charge in [0.15, 0.2) is 0 Å². The van der Waals surface area contributed by atoms with Crippen LogP contribution in [-0.4, -0.2) is 37.0 Å². The van der Waals surface area contributed by atoms with Gasteiger partial charge in [-0.25, -0.2) is 0 Å². The Morgan fingerprint density at radius 1 is 1.25 bits per heavy atom. The highest BCUT2D eigenvalue weighted by molar-refractivity contribution is 5.91. The van der Waals surface area contributed by atoms with Gasteiger partial charge in [-0.3, -0.25) is 4.79 Å². The second kappa shape index (κ2) is 6.27. The summed E-state index contributed by atoms with van der Waals surface area (Å²) in [5, 5.41) is 6.40. The molecule has 0 aromatic heterocycles. The van der Waals surface area contributed by atoms with Crippen molar-refractivity contribution >= 4 is 17.3 Å². The predicted octanol–water partition coefficient (Wildman–Crippen LogP) is 2.47. The van der Waals surface area contributed by atoms with Gasteiger partial charge in [0.1, 0.15) is 0 Å². The van der Waals surface area contributed by atoms with Crippen molar-refractivity contribution < 1.29 is 4.79 Å². The zero-order valence-electron chi connectivity index (χ0n) is 12.0. The van der Waals surface area contributed by atoms with E-state index in [-0.39, 0.29) is 5.91 Å². The number of benzene rings is 1. The fourth-order valence-corrected chi connectivity index (χ4v) is 3.03. The van der Waals surface area contributed by atoms with Crippen molar-refractivity contribution in [2.24, 2.45) is 0 Å². The summed E-state index contributed by atoms with van der Waals surface area (Å²) in [6.45, 7) is 4.21. The van der Waals surface area contributed by atoms with Gasteiger partial charge in [-0.1, -0.05) is 6.07 Å². The SMILES string of the molecule is O=C(CCN1CCCC1)Nc1ccc2c(c1)NCCC2. The highest BCUT2D eigenvalue weighted by atomic mass is 16.1. The van der Waals surface area contributed by atoms with Gasteiger partial charge >= 0.3 is 0 Å². The van der Waals surface area contributed by atoms with Crippen LogP contribution in [0.5, 0.6) is 0 Å². The lowest BCUT2D eigenvalue weighted by molar-refractivity contribution is -0.116. The summed E-state index contributed by atoms with van der Waals surface area (Å²) in [6.07, 6.45) is 5.46. The molecule has 4 nitrogen and oxygen atoms in total. The van der Waals surface area contributed by atoms with Crippen LogP contribution >= 0.6 is 0 Å². The number of likely N-dealkylation sites (tertiary alicyclic amines) is 1. The van der Waals surface area contributed by atoms with Crippen LogP contribution in [0.3, 0.4) is 0 Å². The smallest absolute Gasteiger partial charge is 0.225 e. The zero-order valence-corrected chi connectivity index (χ0v) is 12.0. The van der Waals surface area contributed by atoms with E-state index in [0.717, 1.165) is 38.3 Å². The molecule has 0 spiro atoms. The predicted molar refractivity (Wildman–Crippen MR) is 82.2 cm³/mol. The number of aryl methyl sites for hydroxylation is 1. The van der Waals surface area contributed by atoms with E-state index >= 15 is 0 Å². The third-order valence-electron chi connectivity index (χ3n) is 4.19. The van der Waals surface area contributed by atoms with Crippen molar-refractivity contribution in [3.63, 3.8) is 0 Å². The molecule has 108 valence electrons. The Kier molecular flexibility index (Phi) is 4.21. The molecule has 2 N–H and O–H groups in total. The zero-order chi connectivity index (χ0) is 13.8. The molecule has 1 amide bonds. The summed E-state index contributed by atoms with van der Waals surface area (Å²) in [4.78, 5) is 14.3. The number of hydrogen-bond acceptors (Lipinski definition) is 3. The molecule has 1 fully saturated rings. The van der Waals surface area contributed by atoms with E-state index in [4.69, 9.17) is 0 Å². The van der Waals surface area contributed by atoms with E-state index in [9.17, 15) is 4.79 Å². The summed E-state index contributed by atoms with van der Waals surface area (Å²) in [5.41, 5.74) is 3.43. The minimum absolute atomic E-state index is 0.118. The van der Waals surface area contributed by atoms with E-state index in [1.165, 1.54) is 30.5 Å². The number of carbonyl (C=O) groups excluding carboxylic acids is 1. The monoisotopic (exact) mass is 273 g/mol. The Bertz CT molecular complexity index is 481. The van der Waals surface area contributed by atoms with Gasteiger partial charge in [-0.05, 0) is 56.5 Å². The van der Waals surface area contributed by atoms with Crippen molar-refractivity contribution in [1.82, 2.24) is 4.90 Å². The third kappa shape index (κ3) is 3.31. The molecule has 2 aliphatic rings. The van der Waals surface area contributed by atoms with Gasteiger partial charge < -0.3 is 15.5 Å². The molecule has 0 atom stereocenters. The van der Waals surface area contributed by atoms with Crippen LogP contribution in [0.2, 0.25) is 0 Å². The van der Waals surface area contributed by atoms with E-state index < -0.39 is 0 Å². The van der Waals surface area contributed by atoms with Gasteiger partial charge in [0.25, 0.3) is 0 Å². The van der Waals surface area contributed by atoms with E-state index in [0.29, 0.717) is 6.42 Å². The molecule has 2 heterocycles. The number of nitrogens with zero attached hydrogens (tertiary/aromatic N) is 1. The molecule has 20 heavy (non-hydrogen) atoms. The Hall–Kier alpha value is -1.55. The number of anilines is 2. The van der Waals surface area contributed by atoms with Gasteiger partial charge in [0.2, 0.25) is 5.91 Å². The second-order valence-corrected chi connectivity index (χ2v) is 5.75. The van der Waals surface area contributed by atoms with E-state index in [1.54, 1.807) is 0 Å². The van der Waals surface area contributed by atoms with Crippen LogP contribution in [0, 0.1) is 0 Å². The summed E-state index contributed by atoms with van der Waals surface area (Å²) < 4.78 is 0. The van der Waals surface area contributed by atoms with Crippen molar-refractivity contribution in [2.45, 2.75) is 32.1 Å². The van der Waals surface area contributed by atoms with Crippen LogP contribution in [0.25, 0.3) is 0 Å². The molecular formula is C16H23N3O. The molecule has 0 saturated carbocycles. The molecule has 1 aromatic carbocycles. The Morgan fingerprint density at radius 3 is 2.95 bits per heavy atom. The number of carbonyl (C=O) groups is 1. The van der Waals surface area contributed by atoms with Crippen molar-refractivity contribution in [1.29, 1.82) is 0 Å². The molecule has 1 aromatic rings. The van der Waals surface area contributed by atoms with Crippen molar-refractivity contribution in [3.8, 4) is 0 Å². The molecule has 0 unspecified atom stereocenters. The first-order valence-corrected chi connectivity index (χ1v) is 7.70. The molecule has 0 radical (unpaired) electrons. The number of fused-ring (bicyclic) bond motifs is 1. The molecule has 0 aliphatic carbocycles. The second-order valence-electron chi connectivity index (χ2n) is 5.75. The average molecular weight is 273 g/mol. The van der Waals surface area contributed by atoms with Gasteiger partial charge in [0.05, 0.1) is 0 Å². The molecule has 2 aliphatic heterocycles. The highest BCUT2D eigenvalue weighted by Gasteiger charge is 2.13. The summed E-state index contributed by atoms with van der Waals surface area (Å²) in [7, 11) is 0. The topological polar surface area (TPSA) is 44.4 Å². The fraction of sp³-hybridized carbons (Fsp3) is 0.562. The van der Waals surface area contributed by atoms with Crippen LogP contribution in [0.15, 0.2) is 18.2 Å². The van der Waals surface area contributed by atoms with Crippen molar-refractivity contribution in [2.75, 3.05) is 36.8 Å². The van der Waals surface area contributed by atoms with Crippen LogP contribution in [-0.2, 0) is 11.2 Å². The van der Waals surface area contributed by atoms with Crippen LogP contribution < -0.4 is 10.6 Å². The lowest BCUT2D eigenvalue weighted by Crippen LogP contribution is -2.25. The van der Waals surface area contributed by atoms with Crippen LogP contribution in [0.4, 0.5) is 11.4 Å². The number of rotatable bonds is 4. The average Bonchev–Trinajstić information content (AvgIpc) is 2.98. The highest BCUT2D eigenvalue weighted by Crippen LogP contribution is 2.25. The summed E-state index contributed by atoms with van der Waals surface area (Å²) >= 11 is 0. The normalized spacial score (nSPS) is 18.4. The third-order valence-corrected chi connectivity index (χ3v) is 4.19. The maximum Gasteiger partial charge on any atom is 0.225 e. The van der Waals surface area contributed by atoms with Crippen LogP contribution in [0.1, 0.15) is 31.2 Å². The maximum atomic E-state index is 12.0. The molecule has 3 rings (SSSR count). The molecule has 4 heteroatoms. The summed E-state index contributed by atoms with van der Waals surface area (Å²) in [5.74, 6) is 0.118. The number of nitrogens with one attached hydrogen (secondary N) is 2. The lowest BCUT2D eigenvalue weighted by Gasteiger charge is -2.19. The first-order chi connectivity index (χ1) is 9.81. The Labute approximate surface area is 120 Å². The number of hydrogen-bond donors (Lipinski definition) is 2. The molecular weight excluding hydrogens is 250 g/mol. The summed E-state index contributed by atoms with van der Waals surface area (Å²) in [6, 6.07) is 6.19. The van der Waals surface area contributed by atoms with Crippen molar-refractivity contribution in [3.05, 3.63) is 23.8 Å². The minimum atomic E-state index is 0.118. The quantitative estimate of drug-likeness (QED) is 0.886. The fourth-order valence-electron chi connectivity index (χ4n) is 3.03. The Morgan fingerprint density at radius 2 is 2.10 bits per heavy atom. The number of amides is 1. The van der Waals surface area contributed by atoms with E-state index in [1.807, 2.05) is 6.07 Å². The maximum absolute atomic E-state index is 12.0.